The summed E-state index contributed by atoms with van der Waals surface area (Å²) in [6.45, 7) is 6.63. The number of hydrogen-bond acceptors (Lipinski definition) is 7. The standard InChI is InChI=1S/C26H31N7O/c1-3-14-33(15-4-2)25-17-21(18-29-32-24-19-28-23-11-6-5-10-22(23)24)30-26(31-25)34-16-12-20-9-7-8-13-27-20/h5-11,13,17-19,28,32H,3-4,12,14-16H2,1-2H3/b29-18+. The van der Waals surface area contributed by atoms with Crippen molar-refractivity contribution in [1.29, 1.82) is 0 Å². The second-order valence-electron chi connectivity index (χ2n) is 7.96. The minimum absolute atomic E-state index is 0.346. The van der Waals surface area contributed by atoms with Crippen LogP contribution in [0.4, 0.5) is 11.5 Å². The van der Waals surface area contributed by atoms with Gasteiger partial charge in [-0.05, 0) is 31.0 Å². The Morgan fingerprint density at radius 1 is 1.06 bits per heavy atom. The summed E-state index contributed by atoms with van der Waals surface area (Å²) in [4.78, 5) is 19.1. The highest BCUT2D eigenvalue weighted by molar-refractivity contribution is 5.92. The number of nitrogens with zero attached hydrogens (tertiary/aromatic N) is 5. The van der Waals surface area contributed by atoms with Crippen molar-refractivity contribution in [2.75, 3.05) is 30.0 Å². The van der Waals surface area contributed by atoms with Crippen LogP contribution in [0.25, 0.3) is 10.9 Å². The molecular formula is C26H31N7O. The fourth-order valence-electron chi connectivity index (χ4n) is 3.73. The maximum atomic E-state index is 5.93. The number of hydrogen-bond donors (Lipinski definition) is 2. The van der Waals surface area contributed by atoms with E-state index in [1.165, 1.54) is 0 Å². The van der Waals surface area contributed by atoms with Crippen LogP contribution < -0.4 is 15.1 Å². The van der Waals surface area contributed by atoms with Gasteiger partial charge in [-0.15, -0.1) is 0 Å². The first-order chi connectivity index (χ1) is 16.8. The zero-order valence-electron chi connectivity index (χ0n) is 19.7. The molecule has 0 amide bonds. The van der Waals surface area contributed by atoms with Gasteiger partial charge < -0.3 is 14.6 Å². The number of fused-ring (bicyclic) bond motifs is 1. The quantitative estimate of drug-likeness (QED) is 0.229. The van der Waals surface area contributed by atoms with Crippen molar-refractivity contribution in [2.45, 2.75) is 33.1 Å². The van der Waals surface area contributed by atoms with Crippen LogP contribution in [0.2, 0.25) is 0 Å². The molecule has 0 spiro atoms. The van der Waals surface area contributed by atoms with Gasteiger partial charge in [0.1, 0.15) is 5.82 Å². The molecule has 2 N–H and O–H groups in total. The Labute approximate surface area is 200 Å². The van der Waals surface area contributed by atoms with Gasteiger partial charge in [0.2, 0.25) is 0 Å². The van der Waals surface area contributed by atoms with Gasteiger partial charge >= 0.3 is 6.01 Å². The molecule has 176 valence electrons. The highest BCUT2D eigenvalue weighted by Crippen LogP contribution is 2.22. The summed E-state index contributed by atoms with van der Waals surface area (Å²) in [5.74, 6) is 0.847. The van der Waals surface area contributed by atoms with E-state index in [1.54, 1.807) is 12.4 Å². The smallest absolute Gasteiger partial charge is 0.318 e. The number of aromatic nitrogens is 4. The molecule has 0 fully saturated rings. The Hall–Kier alpha value is -3.94. The molecule has 3 heterocycles. The van der Waals surface area contributed by atoms with Gasteiger partial charge in [-0.1, -0.05) is 38.1 Å². The van der Waals surface area contributed by atoms with Crippen LogP contribution in [0, 0.1) is 0 Å². The predicted octanol–water partition coefficient (Wildman–Crippen LogP) is 5.05. The number of pyridine rings is 1. The lowest BCUT2D eigenvalue weighted by Gasteiger charge is -2.23. The zero-order valence-corrected chi connectivity index (χ0v) is 19.7. The number of anilines is 2. The van der Waals surface area contributed by atoms with Crippen LogP contribution in [0.3, 0.4) is 0 Å². The fourth-order valence-corrected chi connectivity index (χ4v) is 3.73. The van der Waals surface area contributed by atoms with E-state index in [1.807, 2.05) is 54.7 Å². The monoisotopic (exact) mass is 457 g/mol. The highest BCUT2D eigenvalue weighted by Gasteiger charge is 2.12. The number of aromatic amines is 1. The van der Waals surface area contributed by atoms with Crippen molar-refractivity contribution in [3.63, 3.8) is 0 Å². The second-order valence-corrected chi connectivity index (χ2v) is 7.96. The molecule has 0 atom stereocenters. The van der Waals surface area contributed by atoms with Crippen molar-refractivity contribution in [2.24, 2.45) is 5.10 Å². The molecule has 34 heavy (non-hydrogen) atoms. The van der Waals surface area contributed by atoms with Crippen molar-refractivity contribution in [1.82, 2.24) is 19.9 Å². The Morgan fingerprint density at radius 2 is 1.88 bits per heavy atom. The van der Waals surface area contributed by atoms with Crippen LogP contribution in [0.5, 0.6) is 6.01 Å². The number of benzene rings is 1. The number of rotatable bonds is 12. The van der Waals surface area contributed by atoms with Crippen LogP contribution in [0.15, 0.2) is 66.0 Å². The molecule has 3 aromatic heterocycles. The molecule has 0 aliphatic heterocycles. The number of H-pyrrole nitrogens is 1. The summed E-state index contributed by atoms with van der Waals surface area (Å²) in [5.41, 5.74) is 6.74. The van der Waals surface area contributed by atoms with E-state index in [0.717, 1.165) is 54.0 Å². The number of para-hydroxylation sites is 1. The first-order valence-electron chi connectivity index (χ1n) is 11.8. The normalized spacial score (nSPS) is 11.2. The molecule has 0 unspecified atom stereocenters. The van der Waals surface area contributed by atoms with E-state index < -0.39 is 0 Å². The Morgan fingerprint density at radius 3 is 2.68 bits per heavy atom. The van der Waals surface area contributed by atoms with Gasteiger partial charge in [-0.25, -0.2) is 0 Å². The second kappa shape index (κ2) is 11.8. The topological polar surface area (TPSA) is 91.3 Å². The van der Waals surface area contributed by atoms with Crippen LogP contribution in [-0.4, -0.2) is 45.8 Å². The summed E-state index contributed by atoms with van der Waals surface area (Å²) >= 11 is 0. The van der Waals surface area contributed by atoms with Crippen LogP contribution in [0.1, 0.15) is 38.1 Å². The van der Waals surface area contributed by atoms with E-state index >= 15 is 0 Å². The molecule has 0 radical (unpaired) electrons. The van der Waals surface area contributed by atoms with Crippen LogP contribution in [-0.2, 0) is 6.42 Å². The van der Waals surface area contributed by atoms with Gasteiger partial charge in [0, 0.05) is 54.6 Å². The first kappa shape index (κ1) is 23.2. The van der Waals surface area contributed by atoms with Gasteiger partial charge in [-0.2, -0.15) is 15.1 Å². The maximum Gasteiger partial charge on any atom is 0.318 e. The van der Waals surface area contributed by atoms with E-state index in [0.29, 0.717) is 24.7 Å². The zero-order chi connectivity index (χ0) is 23.6. The van der Waals surface area contributed by atoms with Crippen molar-refractivity contribution in [3.8, 4) is 6.01 Å². The van der Waals surface area contributed by atoms with E-state index in [4.69, 9.17) is 4.74 Å². The molecule has 8 heteroatoms. The molecule has 4 rings (SSSR count). The molecule has 1 aromatic carbocycles. The number of ether oxygens (including phenoxy) is 1. The average Bonchev–Trinajstić information content (AvgIpc) is 3.28. The minimum atomic E-state index is 0.346. The van der Waals surface area contributed by atoms with Crippen molar-refractivity contribution >= 4 is 28.6 Å². The molecule has 8 nitrogen and oxygen atoms in total. The molecule has 0 aliphatic carbocycles. The predicted molar refractivity (Wildman–Crippen MR) is 138 cm³/mol. The van der Waals surface area contributed by atoms with Crippen molar-refractivity contribution in [3.05, 3.63) is 72.3 Å². The molecule has 0 saturated carbocycles. The summed E-state index contributed by atoms with van der Waals surface area (Å²) in [6.07, 6.45) is 8.15. The Bertz CT molecular complexity index is 1200. The third-order valence-corrected chi connectivity index (χ3v) is 5.31. The molecule has 0 bridgehead atoms. The van der Waals surface area contributed by atoms with E-state index in [2.05, 4.69) is 49.2 Å². The number of hydrazone groups is 1. The highest BCUT2D eigenvalue weighted by atomic mass is 16.5. The Balaban J connectivity index is 1.52. The van der Waals surface area contributed by atoms with E-state index in [9.17, 15) is 0 Å². The third-order valence-electron chi connectivity index (χ3n) is 5.31. The largest absolute Gasteiger partial charge is 0.463 e. The summed E-state index contributed by atoms with van der Waals surface area (Å²) in [5, 5.41) is 5.51. The third kappa shape index (κ3) is 6.10. The van der Waals surface area contributed by atoms with E-state index in [-0.39, 0.29) is 0 Å². The molecule has 0 aliphatic rings. The van der Waals surface area contributed by atoms with Crippen molar-refractivity contribution < 1.29 is 4.74 Å². The van der Waals surface area contributed by atoms with Crippen LogP contribution >= 0.6 is 0 Å². The first-order valence-corrected chi connectivity index (χ1v) is 11.8. The molecular weight excluding hydrogens is 426 g/mol. The summed E-state index contributed by atoms with van der Waals surface area (Å²) in [7, 11) is 0. The lowest BCUT2D eigenvalue weighted by Crippen LogP contribution is -2.26. The molecule has 4 aromatic rings. The summed E-state index contributed by atoms with van der Waals surface area (Å²) < 4.78 is 5.93. The minimum Gasteiger partial charge on any atom is -0.463 e. The number of nitrogens with one attached hydrogen (secondary N) is 2. The average molecular weight is 458 g/mol. The Kier molecular flexibility index (Phi) is 8.05. The fraction of sp³-hybridized carbons (Fsp3) is 0.308. The van der Waals surface area contributed by atoms with Gasteiger partial charge in [0.15, 0.2) is 0 Å². The molecule has 0 saturated heterocycles. The van der Waals surface area contributed by atoms with Gasteiger partial charge in [0.05, 0.1) is 24.2 Å². The lowest BCUT2D eigenvalue weighted by atomic mass is 10.2. The SMILES string of the molecule is CCCN(CCC)c1cc(/C=N/Nc2c[nH]c3ccccc23)nc(OCCc2ccccn2)n1. The summed E-state index contributed by atoms with van der Waals surface area (Å²) in [6, 6.07) is 16.3. The lowest BCUT2D eigenvalue weighted by molar-refractivity contribution is 0.295. The van der Waals surface area contributed by atoms with Gasteiger partial charge in [-0.3, -0.25) is 10.4 Å². The maximum absolute atomic E-state index is 5.93. The van der Waals surface area contributed by atoms with Gasteiger partial charge in [0.25, 0.3) is 0 Å².